The van der Waals surface area contributed by atoms with Crippen molar-refractivity contribution in [3.63, 3.8) is 0 Å². The van der Waals surface area contributed by atoms with Crippen LogP contribution in [0.5, 0.6) is 0 Å². The first-order valence-electron chi connectivity index (χ1n) is 5.85. The molecule has 2 aromatic heterocycles. The standard InChI is InChI=1S/C14H14N4/c1-10-3-2-6-16-13(10)8-18-9-17-12-7-11(15)4-5-14(12)18/h2-7,9H,8,15H2,1H3. The van der Waals surface area contributed by atoms with Gasteiger partial charge in [0.05, 0.1) is 29.6 Å². The summed E-state index contributed by atoms with van der Waals surface area (Å²) in [7, 11) is 0. The van der Waals surface area contributed by atoms with Gasteiger partial charge in [0.15, 0.2) is 0 Å². The third-order valence-corrected chi connectivity index (χ3v) is 3.08. The molecule has 2 N–H and O–H groups in total. The quantitative estimate of drug-likeness (QED) is 0.697. The number of hydrogen-bond donors (Lipinski definition) is 1. The van der Waals surface area contributed by atoms with Gasteiger partial charge in [-0.1, -0.05) is 6.07 Å². The molecule has 0 radical (unpaired) electrons. The number of nitrogens with zero attached hydrogens (tertiary/aromatic N) is 3. The second-order valence-electron chi connectivity index (χ2n) is 4.39. The Balaban J connectivity index is 2.03. The number of hydrogen-bond acceptors (Lipinski definition) is 3. The van der Waals surface area contributed by atoms with E-state index >= 15 is 0 Å². The van der Waals surface area contributed by atoms with Crippen molar-refractivity contribution in [3.8, 4) is 0 Å². The molecule has 0 saturated heterocycles. The minimum Gasteiger partial charge on any atom is -0.399 e. The Kier molecular flexibility index (Phi) is 2.48. The Morgan fingerprint density at radius 2 is 2.11 bits per heavy atom. The van der Waals surface area contributed by atoms with Crippen LogP contribution in [0.1, 0.15) is 11.3 Å². The average Bonchev–Trinajstić information content (AvgIpc) is 2.74. The summed E-state index contributed by atoms with van der Waals surface area (Å²) in [5, 5.41) is 0. The molecule has 0 fully saturated rings. The molecular formula is C14H14N4. The predicted octanol–water partition coefficient (Wildman–Crippen LogP) is 2.37. The summed E-state index contributed by atoms with van der Waals surface area (Å²) in [6.07, 6.45) is 3.65. The lowest BCUT2D eigenvalue weighted by Crippen LogP contribution is -2.02. The van der Waals surface area contributed by atoms with Crippen molar-refractivity contribution in [2.45, 2.75) is 13.5 Å². The van der Waals surface area contributed by atoms with E-state index in [1.807, 2.05) is 36.8 Å². The topological polar surface area (TPSA) is 56.7 Å². The van der Waals surface area contributed by atoms with Gasteiger partial charge in [0.1, 0.15) is 0 Å². The number of nitrogen functional groups attached to an aromatic ring is 1. The number of aromatic nitrogens is 3. The molecule has 18 heavy (non-hydrogen) atoms. The fourth-order valence-corrected chi connectivity index (χ4v) is 2.05. The fraction of sp³-hybridized carbons (Fsp3) is 0.143. The van der Waals surface area contributed by atoms with Crippen molar-refractivity contribution in [2.75, 3.05) is 5.73 Å². The van der Waals surface area contributed by atoms with Gasteiger partial charge < -0.3 is 10.3 Å². The highest BCUT2D eigenvalue weighted by molar-refractivity contribution is 5.79. The van der Waals surface area contributed by atoms with Crippen molar-refractivity contribution < 1.29 is 0 Å². The zero-order valence-electron chi connectivity index (χ0n) is 10.2. The lowest BCUT2D eigenvalue weighted by atomic mass is 10.2. The SMILES string of the molecule is Cc1cccnc1Cn1cnc2cc(N)ccc21. The van der Waals surface area contributed by atoms with E-state index < -0.39 is 0 Å². The van der Waals surface area contributed by atoms with E-state index in [-0.39, 0.29) is 0 Å². The van der Waals surface area contributed by atoms with E-state index in [1.165, 1.54) is 5.56 Å². The fourth-order valence-electron chi connectivity index (χ4n) is 2.05. The van der Waals surface area contributed by atoms with Gasteiger partial charge in [-0.3, -0.25) is 4.98 Å². The first kappa shape index (κ1) is 10.8. The molecule has 3 aromatic rings. The van der Waals surface area contributed by atoms with E-state index in [4.69, 9.17) is 5.73 Å². The van der Waals surface area contributed by atoms with Crippen molar-refractivity contribution in [3.05, 3.63) is 54.1 Å². The summed E-state index contributed by atoms with van der Waals surface area (Å²) in [6, 6.07) is 9.80. The Hall–Kier alpha value is -2.36. The molecule has 2 heterocycles. The van der Waals surface area contributed by atoms with Gasteiger partial charge in [0.25, 0.3) is 0 Å². The van der Waals surface area contributed by atoms with Crippen LogP contribution in [0.2, 0.25) is 0 Å². The minimum atomic E-state index is 0.729. The Morgan fingerprint density at radius 3 is 2.94 bits per heavy atom. The van der Waals surface area contributed by atoms with E-state index in [1.54, 1.807) is 0 Å². The third kappa shape index (κ3) is 1.82. The summed E-state index contributed by atoms with van der Waals surface area (Å²) in [4.78, 5) is 8.76. The zero-order chi connectivity index (χ0) is 12.5. The molecule has 0 aliphatic rings. The number of fused-ring (bicyclic) bond motifs is 1. The highest BCUT2D eigenvalue weighted by Crippen LogP contribution is 2.17. The molecule has 90 valence electrons. The summed E-state index contributed by atoms with van der Waals surface area (Å²) < 4.78 is 2.09. The largest absolute Gasteiger partial charge is 0.399 e. The number of rotatable bonds is 2. The van der Waals surface area contributed by atoms with Crippen LogP contribution in [0.25, 0.3) is 11.0 Å². The maximum absolute atomic E-state index is 5.75. The van der Waals surface area contributed by atoms with Gasteiger partial charge in [0, 0.05) is 11.9 Å². The van der Waals surface area contributed by atoms with E-state index in [0.29, 0.717) is 0 Å². The van der Waals surface area contributed by atoms with Crippen LogP contribution in [0, 0.1) is 6.92 Å². The second-order valence-corrected chi connectivity index (χ2v) is 4.39. The average molecular weight is 238 g/mol. The maximum atomic E-state index is 5.75. The maximum Gasteiger partial charge on any atom is 0.0962 e. The van der Waals surface area contributed by atoms with Gasteiger partial charge in [-0.15, -0.1) is 0 Å². The van der Waals surface area contributed by atoms with Gasteiger partial charge in [-0.2, -0.15) is 0 Å². The van der Waals surface area contributed by atoms with Gasteiger partial charge in [-0.25, -0.2) is 4.98 Å². The van der Waals surface area contributed by atoms with Crippen LogP contribution < -0.4 is 5.73 Å². The highest BCUT2D eigenvalue weighted by atomic mass is 15.1. The predicted molar refractivity (Wildman–Crippen MR) is 72.2 cm³/mol. The van der Waals surface area contributed by atoms with Crippen LogP contribution in [-0.4, -0.2) is 14.5 Å². The molecule has 0 amide bonds. The Labute approximate surface area is 105 Å². The number of aryl methyl sites for hydroxylation is 1. The smallest absolute Gasteiger partial charge is 0.0962 e. The van der Waals surface area contributed by atoms with Crippen molar-refractivity contribution in [1.29, 1.82) is 0 Å². The van der Waals surface area contributed by atoms with E-state index in [9.17, 15) is 0 Å². The molecule has 4 nitrogen and oxygen atoms in total. The number of benzene rings is 1. The Bertz CT molecular complexity index is 700. The molecule has 0 aliphatic heterocycles. The molecule has 0 unspecified atom stereocenters. The lowest BCUT2D eigenvalue weighted by Gasteiger charge is -2.06. The summed E-state index contributed by atoms with van der Waals surface area (Å²) in [5.74, 6) is 0. The molecular weight excluding hydrogens is 224 g/mol. The van der Waals surface area contributed by atoms with Gasteiger partial charge in [-0.05, 0) is 36.8 Å². The van der Waals surface area contributed by atoms with Crippen molar-refractivity contribution in [1.82, 2.24) is 14.5 Å². The second kappa shape index (κ2) is 4.14. The lowest BCUT2D eigenvalue weighted by molar-refractivity contribution is 0.790. The zero-order valence-corrected chi connectivity index (χ0v) is 10.2. The molecule has 0 spiro atoms. The van der Waals surface area contributed by atoms with Gasteiger partial charge >= 0.3 is 0 Å². The molecule has 0 atom stereocenters. The molecule has 3 rings (SSSR count). The van der Waals surface area contributed by atoms with Crippen LogP contribution >= 0.6 is 0 Å². The number of imidazole rings is 1. The highest BCUT2D eigenvalue weighted by Gasteiger charge is 2.05. The third-order valence-electron chi connectivity index (χ3n) is 3.08. The minimum absolute atomic E-state index is 0.729. The van der Waals surface area contributed by atoms with E-state index in [0.717, 1.165) is 29.0 Å². The normalized spacial score (nSPS) is 10.9. The summed E-state index contributed by atoms with van der Waals surface area (Å²) >= 11 is 0. The van der Waals surface area contributed by atoms with Crippen LogP contribution in [0.4, 0.5) is 5.69 Å². The number of anilines is 1. The summed E-state index contributed by atoms with van der Waals surface area (Å²) in [5.41, 5.74) is 10.7. The first-order valence-corrected chi connectivity index (χ1v) is 5.85. The van der Waals surface area contributed by atoms with E-state index in [2.05, 4.69) is 27.5 Å². The molecule has 0 aliphatic carbocycles. The number of nitrogens with two attached hydrogens (primary N) is 1. The Morgan fingerprint density at radius 1 is 1.22 bits per heavy atom. The molecule has 0 bridgehead atoms. The first-order chi connectivity index (χ1) is 8.74. The van der Waals surface area contributed by atoms with Crippen LogP contribution in [-0.2, 0) is 6.54 Å². The molecule has 4 heteroatoms. The van der Waals surface area contributed by atoms with Crippen molar-refractivity contribution >= 4 is 16.7 Å². The molecule has 0 saturated carbocycles. The van der Waals surface area contributed by atoms with Crippen molar-refractivity contribution in [2.24, 2.45) is 0 Å². The van der Waals surface area contributed by atoms with Crippen LogP contribution in [0.15, 0.2) is 42.9 Å². The number of pyridine rings is 1. The summed E-state index contributed by atoms with van der Waals surface area (Å²) in [6.45, 7) is 2.80. The van der Waals surface area contributed by atoms with Gasteiger partial charge in [0.2, 0.25) is 0 Å². The monoisotopic (exact) mass is 238 g/mol. The van der Waals surface area contributed by atoms with Crippen LogP contribution in [0.3, 0.4) is 0 Å². The molecule has 1 aromatic carbocycles.